The zero-order chi connectivity index (χ0) is 16.2. The van der Waals surface area contributed by atoms with Crippen molar-refractivity contribution in [2.75, 3.05) is 13.1 Å². The molecule has 1 aromatic rings. The molecule has 0 aromatic heterocycles. The molecule has 1 heterocycles. The number of alkyl halides is 3. The maximum absolute atomic E-state index is 12.5. The molecular weight excluding hydrogens is 291 g/mol. The van der Waals surface area contributed by atoms with E-state index in [1.165, 1.54) is 18.2 Å². The SMILES string of the molecule is C=CC(=O)N1CCC(/C=C/c2ccc(C(F)(F)F)cc2)CC1. The quantitative estimate of drug-likeness (QED) is 0.768. The number of amides is 1. The van der Waals surface area contributed by atoms with Crippen LogP contribution in [-0.4, -0.2) is 23.9 Å². The highest BCUT2D eigenvalue weighted by Crippen LogP contribution is 2.29. The highest BCUT2D eigenvalue weighted by atomic mass is 19.4. The van der Waals surface area contributed by atoms with E-state index in [1.54, 1.807) is 4.90 Å². The summed E-state index contributed by atoms with van der Waals surface area (Å²) in [6.45, 7) is 4.84. The maximum Gasteiger partial charge on any atom is 0.416 e. The molecule has 0 atom stereocenters. The average Bonchev–Trinajstić information content (AvgIpc) is 2.52. The Balaban J connectivity index is 1.90. The topological polar surface area (TPSA) is 20.3 Å². The number of carbonyl (C=O) groups excluding carboxylic acids is 1. The van der Waals surface area contributed by atoms with Crippen molar-refractivity contribution in [3.63, 3.8) is 0 Å². The molecule has 0 saturated carbocycles. The van der Waals surface area contributed by atoms with Crippen molar-refractivity contribution in [1.29, 1.82) is 0 Å². The number of nitrogens with zero attached hydrogens (tertiary/aromatic N) is 1. The molecule has 22 heavy (non-hydrogen) atoms. The lowest BCUT2D eigenvalue weighted by molar-refractivity contribution is -0.137. The van der Waals surface area contributed by atoms with Gasteiger partial charge in [-0.2, -0.15) is 13.2 Å². The molecule has 5 heteroatoms. The maximum atomic E-state index is 12.5. The van der Waals surface area contributed by atoms with Crippen LogP contribution in [0.15, 0.2) is 43.0 Å². The lowest BCUT2D eigenvalue weighted by atomic mass is 9.95. The zero-order valence-electron chi connectivity index (χ0n) is 12.1. The second-order valence-electron chi connectivity index (χ2n) is 5.35. The first-order valence-corrected chi connectivity index (χ1v) is 7.17. The number of hydrogen-bond donors (Lipinski definition) is 0. The van der Waals surface area contributed by atoms with Crippen molar-refractivity contribution in [2.45, 2.75) is 19.0 Å². The molecule has 0 spiro atoms. The van der Waals surface area contributed by atoms with Crippen LogP contribution in [0.3, 0.4) is 0 Å². The third-order valence-corrected chi connectivity index (χ3v) is 3.82. The van der Waals surface area contributed by atoms with Gasteiger partial charge in [0.1, 0.15) is 0 Å². The number of carbonyl (C=O) groups is 1. The van der Waals surface area contributed by atoms with Crippen molar-refractivity contribution in [3.8, 4) is 0 Å². The summed E-state index contributed by atoms with van der Waals surface area (Å²) in [7, 11) is 0. The van der Waals surface area contributed by atoms with Crippen LogP contribution >= 0.6 is 0 Å². The fourth-order valence-electron chi connectivity index (χ4n) is 2.47. The summed E-state index contributed by atoms with van der Waals surface area (Å²) in [4.78, 5) is 13.2. The number of benzene rings is 1. The molecular formula is C17H18F3NO. The van der Waals surface area contributed by atoms with Gasteiger partial charge in [0.25, 0.3) is 0 Å². The molecule has 0 bridgehead atoms. The van der Waals surface area contributed by atoms with E-state index in [2.05, 4.69) is 6.58 Å². The first-order valence-electron chi connectivity index (χ1n) is 7.17. The van der Waals surface area contributed by atoms with E-state index < -0.39 is 11.7 Å². The molecule has 0 N–H and O–H groups in total. The Morgan fingerprint density at radius 3 is 2.27 bits per heavy atom. The van der Waals surface area contributed by atoms with Gasteiger partial charge in [-0.25, -0.2) is 0 Å². The van der Waals surface area contributed by atoms with Crippen molar-refractivity contribution in [2.24, 2.45) is 5.92 Å². The second kappa shape index (κ2) is 6.81. The molecule has 2 nitrogen and oxygen atoms in total. The number of piperidine rings is 1. The fraction of sp³-hybridized carbons (Fsp3) is 0.353. The van der Waals surface area contributed by atoms with Crippen LogP contribution in [0.2, 0.25) is 0 Å². The Hall–Kier alpha value is -2.04. The Morgan fingerprint density at radius 2 is 1.77 bits per heavy atom. The first-order chi connectivity index (χ1) is 10.4. The minimum atomic E-state index is -4.30. The van der Waals surface area contributed by atoms with Gasteiger partial charge in [0.15, 0.2) is 0 Å². The molecule has 1 saturated heterocycles. The van der Waals surface area contributed by atoms with Gasteiger partial charge in [0.05, 0.1) is 5.56 Å². The predicted octanol–water partition coefficient (Wildman–Crippen LogP) is 4.14. The van der Waals surface area contributed by atoms with E-state index in [1.807, 2.05) is 12.2 Å². The van der Waals surface area contributed by atoms with E-state index in [4.69, 9.17) is 0 Å². The summed E-state index contributed by atoms with van der Waals surface area (Å²) in [6.07, 6.45) is 2.59. The van der Waals surface area contributed by atoms with E-state index in [0.29, 0.717) is 19.0 Å². The van der Waals surface area contributed by atoms with Crippen molar-refractivity contribution in [3.05, 3.63) is 54.1 Å². The third-order valence-electron chi connectivity index (χ3n) is 3.82. The summed E-state index contributed by atoms with van der Waals surface area (Å²) in [5.41, 5.74) is 0.110. The molecule has 1 fully saturated rings. The molecule has 1 aliphatic heterocycles. The van der Waals surface area contributed by atoms with Gasteiger partial charge in [0.2, 0.25) is 5.91 Å². The van der Waals surface area contributed by atoms with Gasteiger partial charge in [0, 0.05) is 13.1 Å². The Bertz CT molecular complexity index is 552. The summed E-state index contributed by atoms with van der Waals surface area (Å²) < 4.78 is 37.4. The number of likely N-dealkylation sites (tertiary alicyclic amines) is 1. The van der Waals surface area contributed by atoms with Gasteiger partial charge in [-0.05, 0) is 42.5 Å². The summed E-state index contributed by atoms with van der Waals surface area (Å²) in [6, 6.07) is 5.11. The summed E-state index contributed by atoms with van der Waals surface area (Å²) in [5.74, 6) is 0.293. The predicted molar refractivity (Wildman–Crippen MR) is 80.0 cm³/mol. The van der Waals surface area contributed by atoms with Gasteiger partial charge in [-0.3, -0.25) is 4.79 Å². The number of halogens is 3. The lowest BCUT2D eigenvalue weighted by Crippen LogP contribution is -2.36. The van der Waals surface area contributed by atoms with Gasteiger partial charge in [-0.1, -0.05) is 30.9 Å². The smallest absolute Gasteiger partial charge is 0.339 e. The molecule has 0 aliphatic carbocycles. The van der Waals surface area contributed by atoms with E-state index in [-0.39, 0.29) is 5.91 Å². The minimum Gasteiger partial charge on any atom is -0.339 e. The molecule has 0 radical (unpaired) electrons. The monoisotopic (exact) mass is 309 g/mol. The summed E-state index contributed by atoms with van der Waals surface area (Å²) >= 11 is 0. The highest BCUT2D eigenvalue weighted by Gasteiger charge is 2.29. The van der Waals surface area contributed by atoms with Crippen molar-refractivity contribution in [1.82, 2.24) is 4.90 Å². The molecule has 2 rings (SSSR count). The van der Waals surface area contributed by atoms with Crippen molar-refractivity contribution >= 4 is 12.0 Å². The highest BCUT2D eigenvalue weighted by molar-refractivity contribution is 5.87. The number of allylic oxidation sites excluding steroid dienone is 1. The molecule has 118 valence electrons. The van der Waals surface area contributed by atoms with Crippen LogP contribution in [0.25, 0.3) is 6.08 Å². The van der Waals surface area contributed by atoms with E-state index >= 15 is 0 Å². The van der Waals surface area contributed by atoms with Crippen LogP contribution in [0, 0.1) is 5.92 Å². The van der Waals surface area contributed by atoms with Gasteiger partial charge < -0.3 is 4.90 Å². The van der Waals surface area contributed by atoms with Crippen LogP contribution in [-0.2, 0) is 11.0 Å². The van der Waals surface area contributed by atoms with Crippen molar-refractivity contribution < 1.29 is 18.0 Å². The Labute approximate surface area is 127 Å². The molecule has 1 aromatic carbocycles. The normalized spacial score (nSPS) is 17.0. The van der Waals surface area contributed by atoms with Crippen LogP contribution in [0.1, 0.15) is 24.0 Å². The third kappa shape index (κ3) is 4.23. The summed E-state index contributed by atoms with van der Waals surface area (Å²) in [5, 5.41) is 0. The second-order valence-corrected chi connectivity index (χ2v) is 5.35. The molecule has 1 aliphatic rings. The standard InChI is InChI=1S/C17H18F3NO/c1-2-16(22)21-11-9-14(10-12-21)4-3-13-5-7-15(8-6-13)17(18,19)20/h2-8,14H,1,9-12H2/b4-3+. The van der Waals surface area contributed by atoms with Gasteiger partial charge >= 0.3 is 6.18 Å². The van der Waals surface area contributed by atoms with Gasteiger partial charge in [-0.15, -0.1) is 0 Å². The van der Waals surface area contributed by atoms with E-state index in [0.717, 1.165) is 30.5 Å². The number of rotatable bonds is 3. The van der Waals surface area contributed by atoms with Crippen LogP contribution in [0.4, 0.5) is 13.2 Å². The molecule has 0 unspecified atom stereocenters. The lowest BCUT2D eigenvalue weighted by Gasteiger charge is -2.29. The number of hydrogen-bond acceptors (Lipinski definition) is 1. The Kier molecular flexibility index (Phi) is 5.06. The van der Waals surface area contributed by atoms with Crippen LogP contribution < -0.4 is 0 Å². The van der Waals surface area contributed by atoms with E-state index in [9.17, 15) is 18.0 Å². The molecule has 1 amide bonds. The zero-order valence-corrected chi connectivity index (χ0v) is 12.1. The minimum absolute atomic E-state index is 0.0508. The fourth-order valence-corrected chi connectivity index (χ4v) is 2.47. The first kappa shape index (κ1) is 16.3. The largest absolute Gasteiger partial charge is 0.416 e. The Morgan fingerprint density at radius 1 is 1.18 bits per heavy atom. The average molecular weight is 309 g/mol. The van der Waals surface area contributed by atoms with Crippen LogP contribution in [0.5, 0.6) is 0 Å².